The second kappa shape index (κ2) is 6.01. The maximum absolute atomic E-state index is 12.1. The van der Waals surface area contributed by atoms with Gasteiger partial charge in [-0.05, 0) is 18.2 Å². The lowest BCUT2D eigenvalue weighted by Gasteiger charge is -2.09. The molecule has 0 spiro atoms. The van der Waals surface area contributed by atoms with Crippen molar-refractivity contribution >= 4 is 63.7 Å². The summed E-state index contributed by atoms with van der Waals surface area (Å²) in [6.07, 6.45) is 0. The summed E-state index contributed by atoms with van der Waals surface area (Å²) < 4.78 is 0.594. The Labute approximate surface area is 132 Å². The second-order valence-corrected chi connectivity index (χ2v) is 6.35. The Kier molecular flexibility index (Phi) is 4.55. The van der Waals surface area contributed by atoms with Crippen molar-refractivity contribution < 1.29 is 14.7 Å². The van der Waals surface area contributed by atoms with E-state index in [9.17, 15) is 9.59 Å². The zero-order chi connectivity index (χ0) is 14.9. The van der Waals surface area contributed by atoms with Crippen molar-refractivity contribution in [3.05, 3.63) is 49.1 Å². The van der Waals surface area contributed by atoms with Crippen molar-refractivity contribution in [2.24, 2.45) is 0 Å². The van der Waals surface area contributed by atoms with Gasteiger partial charge >= 0.3 is 5.97 Å². The van der Waals surface area contributed by atoms with E-state index in [1.54, 1.807) is 0 Å². The highest BCUT2D eigenvalue weighted by Crippen LogP contribution is 2.32. The van der Waals surface area contributed by atoms with E-state index in [1.807, 2.05) is 0 Å². The number of carboxylic acids is 1. The fourth-order valence-corrected chi connectivity index (χ4v) is 3.24. The number of amides is 1. The van der Waals surface area contributed by atoms with Crippen LogP contribution in [0.25, 0.3) is 0 Å². The Bertz CT molecular complexity index is 699. The first-order valence-corrected chi connectivity index (χ1v) is 7.13. The molecule has 0 aliphatic heterocycles. The van der Waals surface area contributed by atoms with Gasteiger partial charge in [0.1, 0.15) is 9.90 Å². The Morgan fingerprint density at radius 1 is 1.20 bits per heavy atom. The van der Waals surface area contributed by atoms with Crippen molar-refractivity contribution in [2.75, 3.05) is 5.32 Å². The fourth-order valence-electron chi connectivity index (χ4n) is 1.53. The van der Waals surface area contributed by atoms with E-state index in [2.05, 4.69) is 5.32 Å². The summed E-state index contributed by atoms with van der Waals surface area (Å²) in [5.74, 6) is -1.79. The molecule has 2 aromatic rings. The third kappa shape index (κ3) is 3.07. The van der Waals surface area contributed by atoms with Crippen LogP contribution < -0.4 is 5.32 Å². The molecule has 0 atom stereocenters. The highest BCUT2D eigenvalue weighted by atomic mass is 35.5. The van der Waals surface area contributed by atoms with Crippen molar-refractivity contribution in [2.45, 2.75) is 0 Å². The summed E-state index contributed by atoms with van der Waals surface area (Å²) in [6.45, 7) is 0. The number of hydrogen-bond acceptors (Lipinski definition) is 3. The third-order valence-corrected chi connectivity index (χ3v) is 4.18. The molecule has 0 aliphatic carbocycles. The highest BCUT2D eigenvalue weighted by molar-refractivity contribution is 7.20. The van der Waals surface area contributed by atoms with Gasteiger partial charge in [-0.1, -0.05) is 40.9 Å². The molecule has 8 heteroatoms. The molecule has 2 N–H and O–H groups in total. The molecule has 104 valence electrons. The number of rotatable bonds is 3. The lowest BCUT2D eigenvalue weighted by atomic mass is 10.1. The van der Waals surface area contributed by atoms with Crippen LogP contribution in [0.2, 0.25) is 13.7 Å². The summed E-state index contributed by atoms with van der Waals surface area (Å²) >= 11 is 18.5. The van der Waals surface area contributed by atoms with Crippen LogP contribution in [-0.4, -0.2) is 17.0 Å². The van der Waals surface area contributed by atoms with Crippen molar-refractivity contribution in [1.82, 2.24) is 0 Å². The molecule has 0 radical (unpaired) electrons. The SMILES string of the molecule is O=C(Nc1cccc(Cl)c1C(=O)O)c1cc(Cl)sc1Cl. The molecule has 1 aromatic heterocycles. The second-order valence-electron chi connectivity index (χ2n) is 3.66. The quantitative estimate of drug-likeness (QED) is 0.846. The minimum absolute atomic E-state index is 0.0322. The maximum atomic E-state index is 12.1. The van der Waals surface area contributed by atoms with Gasteiger partial charge < -0.3 is 10.4 Å². The number of anilines is 1. The number of nitrogens with one attached hydrogen (secondary N) is 1. The number of aromatic carboxylic acids is 1. The molecule has 0 unspecified atom stereocenters. The van der Waals surface area contributed by atoms with E-state index >= 15 is 0 Å². The number of carbonyl (C=O) groups excluding carboxylic acids is 1. The van der Waals surface area contributed by atoms with Crippen LogP contribution in [0.3, 0.4) is 0 Å². The topological polar surface area (TPSA) is 66.4 Å². The van der Waals surface area contributed by atoms with Crippen molar-refractivity contribution in [3.63, 3.8) is 0 Å². The molecule has 1 heterocycles. The number of halogens is 3. The van der Waals surface area contributed by atoms with Gasteiger partial charge in [0.15, 0.2) is 0 Å². The van der Waals surface area contributed by atoms with Gasteiger partial charge in [-0.2, -0.15) is 0 Å². The minimum Gasteiger partial charge on any atom is -0.478 e. The number of carbonyl (C=O) groups is 2. The van der Waals surface area contributed by atoms with Crippen molar-refractivity contribution in [1.29, 1.82) is 0 Å². The zero-order valence-corrected chi connectivity index (χ0v) is 12.7. The Morgan fingerprint density at radius 2 is 1.90 bits per heavy atom. The average molecular weight is 351 g/mol. The predicted molar refractivity (Wildman–Crippen MR) is 80.7 cm³/mol. The van der Waals surface area contributed by atoms with E-state index in [0.717, 1.165) is 11.3 Å². The van der Waals surface area contributed by atoms with Crippen LogP contribution in [0.15, 0.2) is 24.3 Å². The van der Waals surface area contributed by atoms with Gasteiger partial charge in [0.2, 0.25) is 0 Å². The van der Waals surface area contributed by atoms with Crippen LogP contribution in [-0.2, 0) is 0 Å². The Hall–Kier alpha value is -1.27. The lowest BCUT2D eigenvalue weighted by molar-refractivity contribution is 0.0698. The van der Waals surface area contributed by atoms with E-state index in [0.29, 0.717) is 4.34 Å². The molecule has 20 heavy (non-hydrogen) atoms. The smallest absolute Gasteiger partial charge is 0.339 e. The summed E-state index contributed by atoms with van der Waals surface area (Å²) in [7, 11) is 0. The van der Waals surface area contributed by atoms with Crippen molar-refractivity contribution in [3.8, 4) is 0 Å². The molecule has 0 saturated heterocycles. The first kappa shape index (κ1) is 15.1. The molecule has 0 bridgehead atoms. The van der Waals surface area contributed by atoms with Crippen LogP contribution >= 0.6 is 46.1 Å². The molecule has 1 amide bonds. The standard InChI is InChI=1S/C12H6Cl3NO3S/c13-6-2-1-3-7(9(6)12(18)19)16-11(17)5-4-8(14)20-10(5)15/h1-4H,(H,16,17)(H,18,19). The zero-order valence-electron chi connectivity index (χ0n) is 9.62. The van der Waals surface area contributed by atoms with Gasteiger partial charge in [-0.25, -0.2) is 4.79 Å². The third-order valence-electron chi connectivity index (χ3n) is 2.38. The molecule has 0 fully saturated rings. The average Bonchev–Trinajstić information content (AvgIpc) is 2.68. The Morgan fingerprint density at radius 3 is 2.45 bits per heavy atom. The van der Waals surface area contributed by atoms with E-state index in [-0.39, 0.29) is 26.2 Å². The van der Waals surface area contributed by atoms with Crippen LogP contribution in [0.4, 0.5) is 5.69 Å². The van der Waals surface area contributed by atoms with Crippen LogP contribution in [0.1, 0.15) is 20.7 Å². The highest BCUT2D eigenvalue weighted by Gasteiger charge is 2.19. The van der Waals surface area contributed by atoms with Crippen LogP contribution in [0, 0.1) is 0 Å². The molecular formula is C12H6Cl3NO3S. The van der Waals surface area contributed by atoms with Crippen LogP contribution in [0.5, 0.6) is 0 Å². The monoisotopic (exact) mass is 349 g/mol. The number of benzene rings is 1. The molecule has 4 nitrogen and oxygen atoms in total. The number of carboxylic acid groups (broad SMARTS) is 1. The largest absolute Gasteiger partial charge is 0.478 e. The summed E-state index contributed by atoms with van der Waals surface area (Å²) in [4.78, 5) is 23.2. The van der Waals surface area contributed by atoms with E-state index < -0.39 is 11.9 Å². The van der Waals surface area contributed by atoms with Gasteiger partial charge in [0.05, 0.1) is 20.6 Å². The molecule has 1 aromatic carbocycles. The van der Waals surface area contributed by atoms with Gasteiger partial charge in [-0.15, -0.1) is 11.3 Å². The maximum Gasteiger partial charge on any atom is 0.339 e. The summed E-state index contributed by atoms with van der Waals surface area (Å²) in [5, 5.41) is 11.6. The molecule has 0 saturated carbocycles. The molecule has 2 rings (SSSR count). The Balaban J connectivity index is 2.36. The predicted octanol–water partition coefficient (Wildman–Crippen LogP) is 4.66. The molecular weight excluding hydrogens is 345 g/mol. The number of thiophene rings is 1. The van der Waals surface area contributed by atoms with E-state index in [1.165, 1.54) is 24.3 Å². The summed E-state index contributed by atoms with van der Waals surface area (Å²) in [5.41, 5.74) is 0.0892. The van der Waals surface area contributed by atoms with Gasteiger partial charge in [0, 0.05) is 0 Å². The van der Waals surface area contributed by atoms with Gasteiger partial charge in [0.25, 0.3) is 5.91 Å². The first-order valence-electron chi connectivity index (χ1n) is 5.18. The fraction of sp³-hybridized carbons (Fsp3) is 0. The summed E-state index contributed by atoms with van der Waals surface area (Å²) in [6, 6.07) is 5.81. The van der Waals surface area contributed by atoms with E-state index in [4.69, 9.17) is 39.9 Å². The minimum atomic E-state index is -1.24. The first-order chi connectivity index (χ1) is 9.40. The normalized spacial score (nSPS) is 10.3. The van der Waals surface area contributed by atoms with Gasteiger partial charge in [-0.3, -0.25) is 4.79 Å². The number of hydrogen-bond donors (Lipinski definition) is 2. The molecule has 0 aliphatic rings. The lowest BCUT2D eigenvalue weighted by Crippen LogP contribution is -2.14.